The third-order valence-corrected chi connectivity index (χ3v) is 7.73. The molecule has 0 amide bonds. The zero-order chi connectivity index (χ0) is 25.7. The van der Waals surface area contributed by atoms with Crippen molar-refractivity contribution in [2.75, 3.05) is 20.3 Å². The quantitative estimate of drug-likeness (QED) is 0.288. The molecule has 0 radical (unpaired) electrons. The number of aromatic nitrogens is 1. The number of carbonyl (C=O) groups is 1. The van der Waals surface area contributed by atoms with Gasteiger partial charge in [-0.25, -0.2) is 9.79 Å². The van der Waals surface area contributed by atoms with E-state index in [0.717, 1.165) is 29.7 Å². The first-order chi connectivity index (χ1) is 17.5. The van der Waals surface area contributed by atoms with Crippen molar-refractivity contribution in [1.29, 1.82) is 0 Å². The summed E-state index contributed by atoms with van der Waals surface area (Å²) in [6.07, 6.45) is 5.05. The highest BCUT2D eigenvalue weighted by Gasteiger charge is 2.33. The number of fused-ring (bicyclic) bond motifs is 1. The number of rotatable bonds is 10. The Hall–Kier alpha value is -3.17. The second-order valence-corrected chi connectivity index (χ2v) is 10.3. The lowest BCUT2D eigenvalue weighted by molar-refractivity contribution is -0.139. The van der Waals surface area contributed by atoms with Crippen LogP contribution in [0.2, 0.25) is 0 Å². The third-order valence-electron chi connectivity index (χ3n) is 5.82. The molecular weight excluding hydrogens is 496 g/mol. The normalized spacial score (nSPS) is 15.4. The summed E-state index contributed by atoms with van der Waals surface area (Å²) in [6.45, 7) is 6.58. The standard InChI is InChI=1S/C27H30N2O5S2/c1-5-7-8-13-34-19-12-11-18(15-20(19)32-4)16-22-25(30)29-24(21-10-9-14-35-21)23(26(31)33-6-2)17(3)28-27(29)36-22/h9-12,14-16,24H,5-8,13H2,1-4H3/b22-16+/t24-/m1/s1. The molecule has 3 aromatic rings. The van der Waals surface area contributed by atoms with Gasteiger partial charge in [-0.3, -0.25) is 9.36 Å². The topological polar surface area (TPSA) is 79.1 Å². The van der Waals surface area contributed by atoms with Gasteiger partial charge < -0.3 is 14.2 Å². The van der Waals surface area contributed by atoms with Gasteiger partial charge >= 0.3 is 5.97 Å². The summed E-state index contributed by atoms with van der Waals surface area (Å²) in [5, 5.41) is 1.93. The molecule has 1 atom stereocenters. The van der Waals surface area contributed by atoms with Gasteiger partial charge in [0.25, 0.3) is 5.56 Å². The number of thiophene rings is 1. The van der Waals surface area contributed by atoms with Gasteiger partial charge in [0.15, 0.2) is 16.3 Å². The molecule has 3 heterocycles. The summed E-state index contributed by atoms with van der Waals surface area (Å²) >= 11 is 2.79. The minimum Gasteiger partial charge on any atom is -0.493 e. The number of unbranched alkanes of at least 4 members (excludes halogenated alkanes) is 2. The van der Waals surface area contributed by atoms with Crippen LogP contribution in [-0.4, -0.2) is 30.9 Å². The second-order valence-electron chi connectivity index (χ2n) is 8.28. The van der Waals surface area contributed by atoms with Gasteiger partial charge in [-0.15, -0.1) is 11.3 Å². The molecule has 0 unspecified atom stereocenters. The number of carbonyl (C=O) groups excluding carboxylic acids is 1. The summed E-state index contributed by atoms with van der Waals surface area (Å²) in [5.74, 6) is 0.843. The van der Waals surface area contributed by atoms with E-state index in [0.29, 0.717) is 38.7 Å². The molecule has 9 heteroatoms. The molecule has 0 saturated carbocycles. The van der Waals surface area contributed by atoms with Crippen LogP contribution < -0.4 is 24.4 Å². The maximum atomic E-state index is 13.6. The lowest BCUT2D eigenvalue weighted by Gasteiger charge is -2.23. The highest BCUT2D eigenvalue weighted by atomic mass is 32.1. The van der Waals surface area contributed by atoms with Crippen LogP contribution in [0.4, 0.5) is 0 Å². The first-order valence-electron chi connectivity index (χ1n) is 12.0. The molecule has 0 N–H and O–H groups in total. The van der Waals surface area contributed by atoms with Crippen LogP contribution in [0, 0.1) is 0 Å². The van der Waals surface area contributed by atoms with E-state index in [1.807, 2.05) is 41.8 Å². The fourth-order valence-electron chi connectivity index (χ4n) is 4.09. The molecule has 0 fully saturated rings. The van der Waals surface area contributed by atoms with Crippen molar-refractivity contribution in [3.8, 4) is 11.5 Å². The lowest BCUT2D eigenvalue weighted by atomic mass is 10.0. The van der Waals surface area contributed by atoms with Gasteiger partial charge in [0.05, 0.1) is 36.1 Å². The molecule has 7 nitrogen and oxygen atoms in total. The largest absolute Gasteiger partial charge is 0.493 e. The molecule has 0 aliphatic carbocycles. The Bertz CT molecular complexity index is 1430. The van der Waals surface area contributed by atoms with Crippen LogP contribution in [0.25, 0.3) is 6.08 Å². The van der Waals surface area contributed by atoms with Crippen molar-refractivity contribution in [2.24, 2.45) is 4.99 Å². The number of ether oxygens (including phenoxy) is 3. The van der Waals surface area contributed by atoms with Gasteiger partial charge in [-0.1, -0.05) is 43.2 Å². The van der Waals surface area contributed by atoms with Crippen LogP contribution in [0.1, 0.15) is 56.5 Å². The van der Waals surface area contributed by atoms with Gasteiger partial charge in [0.1, 0.15) is 6.04 Å². The van der Waals surface area contributed by atoms with E-state index >= 15 is 0 Å². The molecule has 0 saturated heterocycles. The first-order valence-corrected chi connectivity index (χ1v) is 13.7. The van der Waals surface area contributed by atoms with E-state index in [9.17, 15) is 9.59 Å². The van der Waals surface area contributed by atoms with Crippen molar-refractivity contribution >= 4 is 34.7 Å². The van der Waals surface area contributed by atoms with E-state index < -0.39 is 12.0 Å². The Labute approximate surface area is 218 Å². The number of hydrogen-bond donors (Lipinski definition) is 0. The van der Waals surface area contributed by atoms with Crippen molar-refractivity contribution in [1.82, 2.24) is 4.57 Å². The average molecular weight is 527 g/mol. The molecular formula is C27H30N2O5S2. The van der Waals surface area contributed by atoms with Crippen molar-refractivity contribution < 1.29 is 19.0 Å². The van der Waals surface area contributed by atoms with Crippen molar-refractivity contribution in [3.63, 3.8) is 0 Å². The van der Waals surface area contributed by atoms with Crippen LogP contribution >= 0.6 is 22.7 Å². The monoisotopic (exact) mass is 526 g/mol. The highest BCUT2D eigenvalue weighted by molar-refractivity contribution is 7.10. The van der Waals surface area contributed by atoms with E-state index in [1.54, 1.807) is 25.5 Å². The lowest BCUT2D eigenvalue weighted by Crippen LogP contribution is -2.39. The van der Waals surface area contributed by atoms with Gasteiger partial charge in [-0.2, -0.15) is 0 Å². The molecule has 0 bridgehead atoms. The minimum absolute atomic E-state index is 0.203. The molecule has 1 aromatic carbocycles. The fraction of sp³-hybridized carbons (Fsp3) is 0.370. The summed E-state index contributed by atoms with van der Waals surface area (Å²) in [6, 6.07) is 8.89. The predicted molar refractivity (Wildman–Crippen MR) is 143 cm³/mol. The Morgan fingerprint density at radius 2 is 2.03 bits per heavy atom. The van der Waals surface area contributed by atoms with Gasteiger partial charge in [-0.05, 0) is 55.5 Å². The molecule has 1 aliphatic heterocycles. The Balaban J connectivity index is 1.75. The van der Waals surface area contributed by atoms with Gasteiger partial charge in [0, 0.05) is 4.88 Å². The van der Waals surface area contributed by atoms with Gasteiger partial charge in [0.2, 0.25) is 0 Å². The SMILES string of the molecule is CCCCCOc1ccc(/C=c2/sc3n(c2=O)[C@H](c2cccs2)C(C(=O)OCC)=C(C)N=3)cc1OC. The predicted octanol–water partition coefficient (Wildman–Crippen LogP) is 4.44. The third kappa shape index (κ3) is 5.32. The van der Waals surface area contributed by atoms with E-state index in [4.69, 9.17) is 14.2 Å². The number of hydrogen-bond acceptors (Lipinski definition) is 8. The number of allylic oxidation sites excluding steroid dienone is 1. The van der Waals surface area contributed by atoms with E-state index in [-0.39, 0.29) is 12.2 Å². The molecule has 36 heavy (non-hydrogen) atoms. The number of nitrogens with zero attached hydrogens (tertiary/aromatic N) is 2. The number of benzene rings is 1. The molecule has 0 spiro atoms. The summed E-state index contributed by atoms with van der Waals surface area (Å²) in [4.78, 5) is 32.5. The molecule has 4 rings (SSSR count). The zero-order valence-corrected chi connectivity index (χ0v) is 22.5. The number of thiazole rings is 1. The maximum absolute atomic E-state index is 13.6. The van der Waals surface area contributed by atoms with Crippen molar-refractivity contribution in [2.45, 2.75) is 46.1 Å². The Kier molecular flexibility index (Phi) is 8.43. The van der Waals surface area contributed by atoms with Crippen LogP contribution in [0.3, 0.4) is 0 Å². The Morgan fingerprint density at radius 3 is 2.72 bits per heavy atom. The van der Waals surface area contributed by atoms with Crippen LogP contribution in [0.5, 0.6) is 11.5 Å². The molecule has 2 aromatic heterocycles. The summed E-state index contributed by atoms with van der Waals surface area (Å²) < 4.78 is 18.9. The Morgan fingerprint density at radius 1 is 1.19 bits per heavy atom. The minimum atomic E-state index is -0.573. The smallest absolute Gasteiger partial charge is 0.338 e. The zero-order valence-electron chi connectivity index (χ0n) is 20.9. The summed E-state index contributed by atoms with van der Waals surface area (Å²) in [7, 11) is 1.60. The number of esters is 1. The highest BCUT2D eigenvalue weighted by Crippen LogP contribution is 2.33. The second kappa shape index (κ2) is 11.7. The van der Waals surface area contributed by atoms with Crippen LogP contribution in [0.15, 0.2) is 56.8 Å². The fourth-order valence-corrected chi connectivity index (χ4v) is 5.96. The van der Waals surface area contributed by atoms with Crippen molar-refractivity contribution in [3.05, 3.63) is 77.1 Å². The molecule has 190 valence electrons. The average Bonchev–Trinajstić information content (AvgIpc) is 3.50. The number of methoxy groups -OCH3 is 1. The maximum Gasteiger partial charge on any atom is 0.338 e. The van der Waals surface area contributed by atoms with E-state index in [2.05, 4.69) is 11.9 Å². The summed E-state index contributed by atoms with van der Waals surface area (Å²) in [5.41, 5.74) is 1.56. The van der Waals surface area contributed by atoms with E-state index in [1.165, 1.54) is 22.7 Å². The molecule has 1 aliphatic rings. The first kappa shape index (κ1) is 25.9. The van der Waals surface area contributed by atoms with Crippen LogP contribution in [-0.2, 0) is 9.53 Å².